The molecule has 1 rings (SSSR count). The molecule has 0 aliphatic rings. The highest BCUT2D eigenvalue weighted by atomic mass is 16.6. The van der Waals surface area contributed by atoms with Crippen LogP contribution in [-0.2, 0) is 20.9 Å². The molecule has 0 unspecified atom stereocenters. The number of amides is 1. The first-order valence-corrected chi connectivity index (χ1v) is 8.30. The Morgan fingerprint density at radius 2 is 1.67 bits per heavy atom. The normalized spacial score (nSPS) is 14.0. The lowest BCUT2D eigenvalue weighted by Crippen LogP contribution is -2.47. The van der Waals surface area contributed by atoms with Gasteiger partial charge in [0.15, 0.2) is 0 Å². The van der Waals surface area contributed by atoms with Crippen LogP contribution in [0.3, 0.4) is 0 Å². The predicted molar refractivity (Wildman–Crippen MR) is 93.4 cm³/mol. The van der Waals surface area contributed by atoms with Crippen molar-refractivity contribution in [3.63, 3.8) is 0 Å². The van der Waals surface area contributed by atoms with Crippen LogP contribution in [0.25, 0.3) is 0 Å². The fourth-order valence-electron chi connectivity index (χ4n) is 2.31. The van der Waals surface area contributed by atoms with Gasteiger partial charge in [-0.25, -0.2) is 4.79 Å². The van der Waals surface area contributed by atoms with E-state index in [2.05, 4.69) is 5.32 Å². The van der Waals surface area contributed by atoms with Gasteiger partial charge in [0.2, 0.25) is 0 Å². The molecule has 0 aromatic heterocycles. The largest absolute Gasteiger partial charge is 0.460 e. The zero-order chi connectivity index (χ0) is 18.3. The number of alkyl carbamates (subject to hydrolysis) is 1. The minimum absolute atomic E-state index is 0.0665. The number of benzene rings is 1. The average molecular weight is 335 g/mol. The van der Waals surface area contributed by atoms with Gasteiger partial charge in [0.1, 0.15) is 12.2 Å². The van der Waals surface area contributed by atoms with Gasteiger partial charge in [0.25, 0.3) is 0 Å². The van der Waals surface area contributed by atoms with Gasteiger partial charge in [-0.1, -0.05) is 44.2 Å². The molecule has 0 heterocycles. The molecule has 0 saturated carbocycles. The molecule has 0 fully saturated rings. The Bertz CT molecular complexity index is 534. The summed E-state index contributed by atoms with van der Waals surface area (Å²) >= 11 is 0. The summed E-state index contributed by atoms with van der Waals surface area (Å²) in [6, 6.07) is 9.09. The Hall–Kier alpha value is -2.04. The lowest BCUT2D eigenvalue weighted by Gasteiger charge is -2.29. The Morgan fingerprint density at radius 1 is 1.08 bits per heavy atom. The zero-order valence-electron chi connectivity index (χ0n) is 15.5. The minimum atomic E-state index is -0.555. The third kappa shape index (κ3) is 7.02. The number of hydrogen-bond acceptors (Lipinski definition) is 4. The predicted octanol–water partition coefficient (Wildman–Crippen LogP) is 3.92. The fraction of sp³-hybridized carbons (Fsp3) is 0.579. The fourth-order valence-corrected chi connectivity index (χ4v) is 2.31. The molecular weight excluding hydrogens is 306 g/mol. The molecule has 2 atom stereocenters. The molecule has 0 spiro atoms. The standard InChI is InChI=1S/C19H29NO4/c1-13(2)16(14(3)17(21)24-19(4,5)6)20-18(22)23-12-15-10-8-7-9-11-15/h7-11,13-14,16H,12H2,1-6H3,(H,20,22)/t14-,16-/m1/s1. The molecular formula is C19H29NO4. The van der Waals surface area contributed by atoms with Gasteiger partial charge >= 0.3 is 12.1 Å². The third-order valence-electron chi connectivity index (χ3n) is 3.53. The first-order valence-electron chi connectivity index (χ1n) is 8.30. The first kappa shape index (κ1) is 20.0. The third-order valence-corrected chi connectivity index (χ3v) is 3.53. The van der Waals surface area contributed by atoms with E-state index in [0.29, 0.717) is 0 Å². The highest BCUT2D eigenvalue weighted by Crippen LogP contribution is 2.18. The van der Waals surface area contributed by atoms with Crippen LogP contribution in [-0.4, -0.2) is 23.7 Å². The Labute approximate surface area is 144 Å². The lowest BCUT2D eigenvalue weighted by molar-refractivity contribution is -0.160. The lowest BCUT2D eigenvalue weighted by atomic mass is 9.92. The van der Waals surface area contributed by atoms with Gasteiger partial charge in [-0.2, -0.15) is 0 Å². The van der Waals surface area contributed by atoms with E-state index in [1.165, 1.54) is 0 Å². The summed E-state index contributed by atoms with van der Waals surface area (Å²) < 4.78 is 10.6. The van der Waals surface area contributed by atoms with Crippen LogP contribution in [0, 0.1) is 11.8 Å². The molecule has 0 aliphatic heterocycles. The summed E-state index contributed by atoms with van der Waals surface area (Å²) in [7, 11) is 0. The number of ether oxygens (including phenoxy) is 2. The van der Waals surface area contributed by atoms with Gasteiger partial charge < -0.3 is 14.8 Å². The summed E-state index contributed by atoms with van der Waals surface area (Å²) in [6.07, 6.45) is -0.534. The van der Waals surface area contributed by atoms with E-state index in [1.54, 1.807) is 6.92 Å². The maximum Gasteiger partial charge on any atom is 0.407 e. The Balaban J connectivity index is 2.61. The second kappa shape index (κ2) is 8.71. The molecule has 5 heteroatoms. The van der Waals surface area contributed by atoms with E-state index in [4.69, 9.17) is 9.47 Å². The van der Waals surface area contributed by atoms with E-state index in [-0.39, 0.29) is 24.5 Å². The van der Waals surface area contributed by atoms with Crippen molar-refractivity contribution in [2.45, 2.75) is 59.8 Å². The molecule has 0 saturated heterocycles. The van der Waals surface area contributed by atoms with E-state index in [9.17, 15) is 9.59 Å². The molecule has 0 aliphatic carbocycles. The Kier molecular flexibility index (Phi) is 7.26. The monoisotopic (exact) mass is 335 g/mol. The highest BCUT2D eigenvalue weighted by Gasteiger charge is 2.32. The quantitative estimate of drug-likeness (QED) is 0.800. The van der Waals surface area contributed by atoms with Crippen LogP contribution < -0.4 is 5.32 Å². The first-order chi connectivity index (χ1) is 11.1. The van der Waals surface area contributed by atoms with Gasteiger partial charge in [-0.05, 0) is 39.2 Å². The van der Waals surface area contributed by atoms with Crippen molar-refractivity contribution < 1.29 is 19.1 Å². The molecule has 134 valence electrons. The summed E-state index contributed by atoms with van der Waals surface area (Å²) in [6.45, 7) is 11.3. The molecule has 0 bridgehead atoms. The summed E-state index contributed by atoms with van der Waals surface area (Å²) in [5.74, 6) is -0.727. The van der Waals surface area contributed by atoms with Gasteiger partial charge in [0.05, 0.1) is 5.92 Å². The smallest absolute Gasteiger partial charge is 0.407 e. The number of carbonyl (C=O) groups excluding carboxylic acids is 2. The number of nitrogens with one attached hydrogen (secondary N) is 1. The molecule has 1 aromatic carbocycles. The van der Waals surface area contributed by atoms with E-state index in [1.807, 2.05) is 65.0 Å². The molecule has 0 radical (unpaired) electrons. The summed E-state index contributed by atoms with van der Waals surface area (Å²) in [5, 5.41) is 2.79. The summed E-state index contributed by atoms with van der Waals surface area (Å²) in [5.41, 5.74) is 0.356. The number of rotatable bonds is 6. The Morgan fingerprint density at radius 3 is 2.17 bits per heavy atom. The molecule has 1 N–H and O–H groups in total. The van der Waals surface area contributed by atoms with Crippen LogP contribution in [0.15, 0.2) is 30.3 Å². The average Bonchev–Trinajstić information content (AvgIpc) is 2.49. The molecule has 5 nitrogen and oxygen atoms in total. The number of hydrogen-bond donors (Lipinski definition) is 1. The topological polar surface area (TPSA) is 64.6 Å². The zero-order valence-corrected chi connectivity index (χ0v) is 15.5. The van der Waals surface area contributed by atoms with Crippen molar-refractivity contribution in [3.8, 4) is 0 Å². The molecule has 1 aromatic rings. The van der Waals surface area contributed by atoms with E-state index in [0.717, 1.165) is 5.56 Å². The van der Waals surface area contributed by atoms with E-state index >= 15 is 0 Å². The second-order valence-corrected chi connectivity index (χ2v) is 7.30. The molecule has 24 heavy (non-hydrogen) atoms. The van der Waals surface area contributed by atoms with Crippen LogP contribution in [0.5, 0.6) is 0 Å². The minimum Gasteiger partial charge on any atom is -0.460 e. The van der Waals surface area contributed by atoms with Crippen molar-refractivity contribution in [3.05, 3.63) is 35.9 Å². The maximum atomic E-state index is 12.3. The summed E-state index contributed by atoms with van der Waals surface area (Å²) in [4.78, 5) is 24.3. The van der Waals surface area contributed by atoms with Crippen molar-refractivity contribution in [2.75, 3.05) is 0 Å². The van der Waals surface area contributed by atoms with Crippen LogP contribution in [0.1, 0.15) is 47.1 Å². The second-order valence-electron chi connectivity index (χ2n) is 7.30. The maximum absolute atomic E-state index is 12.3. The van der Waals surface area contributed by atoms with Crippen LogP contribution >= 0.6 is 0 Å². The number of esters is 1. The van der Waals surface area contributed by atoms with Crippen molar-refractivity contribution >= 4 is 12.1 Å². The van der Waals surface area contributed by atoms with Crippen molar-refractivity contribution in [1.82, 2.24) is 5.32 Å². The number of carbonyl (C=O) groups is 2. The molecule has 1 amide bonds. The van der Waals surface area contributed by atoms with Crippen molar-refractivity contribution in [1.29, 1.82) is 0 Å². The van der Waals surface area contributed by atoms with Crippen molar-refractivity contribution in [2.24, 2.45) is 11.8 Å². The van der Waals surface area contributed by atoms with E-state index < -0.39 is 17.6 Å². The van der Waals surface area contributed by atoms with Gasteiger partial charge in [0, 0.05) is 6.04 Å². The van der Waals surface area contributed by atoms with Crippen LogP contribution in [0.4, 0.5) is 4.79 Å². The van der Waals surface area contributed by atoms with Gasteiger partial charge in [-0.3, -0.25) is 4.79 Å². The van der Waals surface area contributed by atoms with Crippen LogP contribution in [0.2, 0.25) is 0 Å². The van der Waals surface area contributed by atoms with Gasteiger partial charge in [-0.15, -0.1) is 0 Å². The SMILES string of the molecule is CC(C)[C@@H](NC(=O)OCc1ccccc1)[C@@H](C)C(=O)OC(C)(C)C. The highest BCUT2D eigenvalue weighted by molar-refractivity contribution is 5.75.